The first-order valence-electron chi connectivity index (χ1n) is 8.55. The maximum Gasteiger partial charge on any atom is 0.341 e. The number of nitrogens with zero attached hydrogens (tertiary/aromatic N) is 1. The van der Waals surface area contributed by atoms with Crippen LogP contribution >= 0.6 is 11.3 Å². The van der Waals surface area contributed by atoms with Gasteiger partial charge in [0.05, 0.1) is 18.4 Å². The van der Waals surface area contributed by atoms with Gasteiger partial charge in [-0.25, -0.2) is 14.6 Å². The number of hydrazone groups is 1. The van der Waals surface area contributed by atoms with Gasteiger partial charge < -0.3 is 10.1 Å². The predicted octanol–water partition coefficient (Wildman–Crippen LogP) is 2.64. The third-order valence-corrected chi connectivity index (χ3v) is 5.54. The van der Waals surface area contributed by atoms with Gasteiger partial charge in [0.2, 0.25) is 0 Å². The molecule has 9 heteroatoms. The van der Waals surface area contributed by atoms with E-state index in [-0.39, 0.29) is 5.82 Å². The lowest BCUT2D eigenvalue weighted by molar-refractivity contribution is -0.136. The van der Waals surface area contributed by atoms with E-state index in [2.05, 4.69) is 15.8 Å². The molecule has 0 aliphatic heterocycles. The molecule has 1 heterocycles. The lowest BCUT2D eigenvalue weighted by Gasteiger charge is -2.06. The van der Waals surface area contributed by atoms with Gasteiger partial charge in [-0.2, -0.15) is 5.10 Å². The van der Waals surface area contributed by atoms with E-state index in [0.717, 1.165) is 29.7 Å². The number of halogens is 1. The van der Waals surface area contributed by atoms with Crippen LogP contribution in [0.3, 0.4) is 0 Å². The minimum absolute atomic E-state index is 0.302. The number of esters is 1. The molecule has 1 aromatic heterocycles. The van der Waals surface area contributed by atoms with E-state index in [1.807, 2.05) is 0 Å². The molecule has 0 unspecified atom stereocenters. The van der Waals surface area contributed by atoms with Crippen LogP contribution in [-0.4, -0.2) is 30.6 Å². The molecule has 2 N–H and O–H groups in total. The quantitative estimate of drug-likeness (QED) is 0.355. The highest BCUT2D eigenvalue weighted by atomic mass is 32.1. The largest absolute Gasteiger partial charge is 0.465 e. The standard InChI is InChI=1S/C19H18FN3O4S/c1-10(11-6-8-12(20)9-7-11)22-23-17(25)16(24)21-18-15(19(26)27-2)13-4-3-5-14(13)28-18/h6-9H,3-5H2,1-2H3,(H,21,24)(H,23,25)/b22-10-. The van der Waals surface area contributed by atoms with E-state index >= 15 is 0 Å². The average molecular weight is 403 g/mol. The zero-order valence-corrected chi connectivity index (χ0v) is 16.1. The Balaban J connectivity index is 1.70. The number of thiophene rings is 1. The summed E-state index contributed by atoms with van der Waals surface area (Å²) in [5.74, 6) is -2.85. The number of nitrogens with one attached hydrogen (secondary N) is 2. The number of ether oxygens (including phenoxy) is 1. The molecule has 1 aliphatic rings. The number of hydrogen-bond acceptors (Lipinski definition) is 6. The van der Waals surface area contributed by atoms with Gasteiger partial charge in [0.1, 0.15) is 10.8 Å². The number of methoxy groups -OCH3 is 1. The topological polar surface area (TPSA) is 96.9 Å². The smallest absolute Gasteiger partial charge is 0.341 e. The highest BCUT2D eigenvalue weighted by Gasteiger charge is 2.29. The number of carbonyl (C=O) groups excluding carboxylic acids is 3. The third-order valence-electron chi connectivity index (χ3n) is 4.33. The Morgan fingerprint density at radius 1 is 1.14 bits per heavy atom. The minimum atomic E-state index is -0.981. The number of aryl methyl sites for hydroxylation is 1. The molecule has 0 spiro atoms. The number of anilines is 1. The molecular weight excluding hydrogens is 385 g/mol. The van der Waals surface area contributed by atoms with Gasteiger partial charge in [-0.15, -0.1) is 11.3 Å². The van der Waals surface area contributed by atoms with Gasteiger partial charge in [0.25, 0.3) is 0 Å². The van der Waals surface area contributed by atoms with Crippen LogP contribution in [0, 0.1) is 5.82 Å². The second-order valence-corrected chi connectivity index (χ2v) is 7.26. The van der Waals surface area contributed by atoms with Crippen molar-refractivity contribution >= 4 is 39.8 Å². The summed E-state index contributed by atoms with van der Waals surface area (Å²) in [5, 5.41) is 6.63. The SMILES string of the molecule is COC(=O)c1c(NC(=O)C(=O)N/N=C(/C)c2ccc(F)cc2)sc2c1CCC2. The summed E-state index contributed by atoms with van der Waals surface area (Å²) < 4.78 is 17.8. The second-order valence-electron chi connectivity index (χ2n) is 6.15. The summed E-state index contributed by atoms with van der Waals surface area (Å²) in [6.07, 6.45) is 2.50. The van der Waals surface area contributed by atoms with Crippen molar-refractivity contribution in [1.29, 1.82) is 0 Å². The molecule has 28 heavy (non-hydrogen) atoms. The Kier molecular flexibility index (Phi) is 5.84. The third kappa shape index (κ3) is 4.09. The molecule has 1 aromatic carbocycles. The number of benzene rings is 1. The summed E-state index contributed by atoms with van der Waals surface area (Å²) >= 11 is 1.28. The maximum absolute atomic E-state index is 13.0. The molecule has 2 amide bonds. The van der Waals surface area contributed by atoms with Gasteiger partial charge >= 0.3 is 17.8 Å². The number of hydrogen-bond donors (Lipinski definition) is 2. The van der Waals surface area contributed by atoms with E-state index in [0.29, 0.717) is 21.8 Å². The Bertz CT molecular complexity index is 966. The number of amides is 2. The number of carbonyl (C=O) groups is 3. The van der Waals surface area contributed by atoms with Crippen molar-refractivity contribution in [2.45, 2.75) is 26.2 Å². The van der Waals surface area contributed by atoms with Gasteiger partial charge in [-0.05, 0) is 49.4 Å². The number of rotatable bonds is 4. The zero-order chi connectivity index (χ0) is 20.3. The first kappa shape index (κ1) is 19.7. The summed E-state index contributed by atoms with van der Waals surface area (Å²) in [5.41, 5.74) is 4.35. The lowest BCUT2D eigenvalue weighted by atomic mass is 10.1. The fraction of sp³-hybridized carbons (Fsp3) is 0.263. The number of fused-ring (bicyclic) bond motifs is 1. The van der Waals surface area contributed by atoms with Crippen molar-refractivity contribution in [2.75, 3.05) is 12.4 Å². The summed E-state index contributed by atoms with van der Waals surface area (Å²) in [4.78, 5) is 37.4. The maximum atomic E-state index is 13.0. The molecule has 146 valence electrons. The van der Waals surface area contributed by atoms with Gasteiger partial charge in [-0.1, -0.05) is 12.1 Å². The van der Waals surface area contributed by atoms with E-state index in [9.17, 15) is 18.8 Å². The summed E-state index contributed by atoms with van der Waals surface area (Å²) in [6.45, 7) is 1.62. The second kappa shape index (κ2) is 8.30. The Morgan fingerprint density at radius 3 is 2.54 bits per heavy atom. The fourth-order valence-electron chi connectivity index (χ4n) is 2.91. The van der Waals surface area contributed by atoms with Crippen LogP contribution in [0.4, 0.5) is 9.39 Å². The molecule has 3 rings (SSSR count). The van der Waals surface area contributed by atoms with Crippen molar-refractivity contribution in [2.24, 2.45) is 5.10 Å². The highest BCUT2D eigenvalue weighted by Crippen LogP contribution is 2.39. The molecular formula is C19H18FN3O4S. The van der Waals surface area contributed by atoms with Crippen molar-refractivity contribution in [3.05, 3.63) is 51.7 Å². The fourth-order valence-corrected chi connectivity index (χ4v) is 4.18. The first-order valence-corrected chi connectivity index (χ1v) is 9.36. The Labute approximate surface area is 164 Å². The first-order chi connectivity index (χ1) is 13.4. The molecule has 0 saturated heterocycles. The summed E-state index contributed by atoms with van der Waals surface area (Å²) in [6, 6.07) is 5.56. The highest BCUT2D eigenvalue weighted by molar-refractivity contribution is 7.17. The lowest BCUT2D eigenvalue weighted by Crippen LogP contribution is -2.33. The van der Waals surface area contributed by atoms with Crippen LogP contribution in [0.15, 0.2) is 29.4 Å². The van der Waals surface area contributed by atoms with E-state index in [1.165, 1.54) is 42.7 Å². The van der Waals surface area contributed by atoms with Gasteiger partial charge in [-0.3, -0.25) is 9.59 Å². The zero-order valence-electron chi connectivity index (χ0n) is 15.3. The minimum Gasteiger partial charge on any atom is -0.465 e. The molecule has 1 aliphatic carbocycles. The molecule has 0 fully saturated rings. The molecule has 2 aromatic rings. The van der Waals surface area contributed by atoms with Crippen molar-refractivity contribution in [3.63, 3.8) is 0 Å². The van der Waals surface area contributed by atoms with E-state index in [4.69, 9.17) is 4.74 Å². The van der Waals surface area contributed by atoms with Crippen molar-refractivity contribution < 1.29 is 23.5 Å². The van der Waals surface area contributed by atoms with E-state index in [1.54, 1.807) is 6.92 Å². The van der Waals surface area contributed by atoms with Crippen LogP contribution < -0.4 is 10.7 Å². The average Bonchev–Trinajstić information content (AvgIpc) is 3.26. The van der Waals surface area contributed by atoms with Crippen LogP contribution in [0.5, 0.6) is 0 Å². The molecule has 0 radical (unpaired) electrons. The van der Waals surface area contributed by atoms with Crippen molar-refractivity contribution in [3.8, 4) is 0 Å². The predicted molar refractivity (Wildman–Crippen MR) is 103 cm³/mol. The van der Waals surface area contributed by atoms with Crippen LogP contribution in [0.25, 0.3) is 0 Å². The van der Waals surface area contributed by atoms with Crippen LogP contribution in [0.1, 0.15) is 39.7 Å². The summed E-state index contributed by atoms with van der Waals surface area (Å²) in [7, 11) is 1.27. The van der Waals surface area contributed by atoms with Gasteiger partial charge in [0, 0.05) is 4.88 Å². The molecule has 7 nitrogen and oxygen atoms in total. The molecule has 0 saturated carbocycles. The van der Waals surface area contributed by atoms with E-state index < -0.39 is 17.8 Å². The van der Waals surface area contributed by atoms with Gasteiger partial charge in [0.15, 0.2) is 0 Å². The van der Waals surface area contributed by atoms with Crippen molar-refractivity contribution in [1.82, 2.24) is 5.43 Å². The van der Waals surface area contributed by atoms with Crippen LogP contribution in [-0.2, 0) is 27.2 Å². The molecule has 0 bridgehead atoms. The van der Waals surface area contributed by atoms with Crippen LogP contribution in [0.2, 0.25) is 0 Å². The Morgan fingerprint density at radius 2 is 1.86 bits per heavy atom. The Hall–Kier alpha value is -3.07. The monoisotopic (exact) mass is 403 g/mol. The molecule has 0 atom stereocenters. The normalized spacial score (nSPS) is 13.0.